The van der Waals surface area contributed by atoms with Gasteiger partial charge in [-0.3, -0.25) is 4.31 Å². The highest BCUT2D eigenvalue weighted by molar-refractivity contribution is 7.92. The molecule has 1 heterocycles. The van der Waals surface area contributed by atoms with Gasteiger partial charge in [-0.2, -0.15) is 0 Å². The Kier molecular flexibility index (Phi) is 3.93. The Balaban J connectivity index is 3.24. The summed E-state index contributed by atoms with van der Waals surface area (Å²) < 4.78 is 24.2. The molecular weight excluding hydrogens is 236 g/mol. The normalized spacial score (nSPS) is 11.4. The zero-order valence-electron chi connectivity index (χ0n) is 8.64. The lowest BCUT2D eigenvalue weighted by Crippen LogP contribution is -2.31. The third-order valence-electron chi connectivity index (χ3n) is 1.94. The van der Waals surface area contributed by atoms with Gasteiger partial charge in [-0.15, -0.1) is 11.6 Å². The van der Waals surface area contributed by atoms with E-state index in [1.165, 1.54) is 4.31 Å². The van der Waals surface area contributed by atoms with Crippen LogP contribution in [0.4, 0.5) is 5.82 Å². The SMILES string of the molecule is CCN(c1ncccc1CCl)S(C)(=O)=O. The second-order valence-electron chi connectivity index (χ2n) is 3.05. The van der Waals surface area contributed by atoms with E-state index in [1.807, 2.05) is 0 Å². The Labute approximate surface area is 94.9 Å². The lowest BCUT2D eigenvalue weighted by Gasteiger charge is -2.21. The molecule has 4 nitrogen and oxygen atoms in total. The number of pyridine rings is 1. The lowest BCUT2D eigenvalue weighted by atomic mass is 10.3. The zero-order valence-corrected chi connectivity index (χ0v) is 10.2. The quantitative estimate of drug-likeness (QED) is 0.761. The molecular formula is C9H13ClN2O2S. The molecule has 0 aliphatic rings. The van der Waals surface area contributed by atoms with Crippen molar-refractivity contribution in [2.24, 2.45) is 0 Å². The van der Waals surface area contributed by atoms with Crippen LogP contribution >= 0.6 is 11.6 Å². The molecule has 0 aliphatic carbocycles. The molecule has 0 aromatic carbocycles. The van der Waals surface area contributed by atoms with Gasteiger partial charge in [-0.25, -0.2) is 13.4 Å². The standard InChI is InChI=1S/C9H13ClN2O2S/c1-3-12(15(2,13)14)9-8(7-10)5-4-6-11-9/h4-6H,3,7H2,1-2H3. The number of nitrogens with zero attached hydrogens (tertiary/aromatic N) is 2. The van der Waals surface area contributed by atoms with Crippen LogP contribution in [0.25, 0.3) is 0 Å². The van der Waals surface area contributed by atoms with E-state index in [9.17, 15) is 8.42 Å². The summed E-state index contributed by atoms with van der Waals surface area (Å²) in [5.74, 6) is 0.660. The maximum absolute atomic E-state index is 11.5. The van der Waals surface area contributed by atoms with Crippen LogP contribution in [-0.2, 0) is 15.9 Å². The fourth-order valence-corrected chi connectivity index (χ4v) is 2.46. The summed E-state index contributed by atoms with van der Waals surface area (Å²) in [5, 5.41) is 0. The maximum Gasteiger partial charge on any atom is 0.233 e. The molecule has 84 valence electrons. The highest BCUT2D eigenvalue weighted by Crippen LogP contribution is 2.20. The van der Waals surface area contributed by atoms with E-state index in [-0.39, 0.29) is 5.88 Å². The molecule has 0 spiro atoms. The molecule has 0 saturated carbocycles. The van der Waals surface area contributed by atoms with E-state index in [0.717, 1.165) is 6.26 Å². The van der Waals surface area contributed by atoms with Crippen molar-refractivity contribution in [2.75, 3.05) is 17.1 Å². The topological polar surface area (TPSA) is 50.3 Å². The van der Waals surface area contributed by atoms with Gasteiger partial charge in [-0.05, 0) is 13.0 Å². The summed E-state index contributed by atoms with van der Waals surface area (Å²) in [6, 6.07) is 3.50. The number of anilines is 1. The van der Waals surface area contributed by atoms with Gasteiger partial charge >= 0.3 is 0 Å². The summed E-state index contributed by atoms with van der Waals surface area (Å²) in [6.07, 6.45) is 2.71. The largest absolute Gasteiger partial charge is 0.254 e. The van der Waals surface area contributed by atoms with Crippen LogP contribution in [0.3, 0.4) is 0 Å². The molecule has 0 fully saturated rings. The van der Waals surface area contributed by atoms with Crippen LogP contribution in [0.5, 0.6) is 0 Å². The minimum Gasteiger partial charge on any atom is -0.254 e. The molecule has 15 heavy (non-hydrogen) atoms. The average molecular weight is 249 g/mol. The predicted molar refractivity (Wildman–Crippen MR) is 61.7 cm³/mol. The average Bonchev–Trinajstić information content (AvgIpc) is 2.17. The van der Waals surface area contributed by atoms with Crippen LogP contribution < -0.4 is 4.31 Å². The summed E-state index contributed by atoms with van der Waals surface area (Å²) in [7, 11) is -3.29. The van der Waals surface area contributed by atoms with Crippen molar-refractivity contribution in [1.29, 1.82) is 0 Å². The van der Waals surface area contributed by atoms with Crippen LogP contribution in [0.1, 0.15) is 12.5 Å². The number of hydrogen-bond acceptors (Lipinski definition) is 3. The number of aromatic nitrogens is 1. The number of halogens is 1. The molecule has 0 unspecified atom stereocenters. The summed E-state index contributed by atoms with van der Waals surface area (Å²) in [6.45, 7) is 2.10. The Morgan fingerprint density at radius 2 is 2.20 bits per heavy atom. The van der Waals surface area contributed by atoms with Crippen molar-refractivity contribution >= 4 is 27.4 Å². The van der Waals surface area contributed by atoms with Crippen molar-refractivity contribution < 1.29 is 8.42 Å². The first-order valence-corrected chi connectivity index (χ1v) is 6.86. The van der Waals surface area contributed by atoms with Gasteiger partial charge in [-0.1, -0.05) is 6.07 Å². The van der Waals surface area contributed by atoms with Gasteiger partial charge in [0, 0.05) is 18.3 Å². The molecule has 0 N–H and O–H groups in total. The maximum atomic E-state index is 11.5. The number of alkyl halides is 1. The van der Waals surface area contributed by atoms with Gasteiger partial charge < -0.3 is 0 Å². The second kappa shape index (κ2) is 4.81. The molecule has 6 heteroatoms. The highest BCUT2D eigenvalue weighted by atomic mass is 35.5. The van der Waals surface area contributed by atoms with E-state index in [2.05, 4.69) is 4.98 Å². The monoisotopic (exact) mass is 248 g/mol. The highest BCUT2D eigenvalue weighted by Gasteiger charge is 2.18. The van der Waals surface area contributed by atoms with E-state index >= 15 is 0 Å². The minimum absolute atomic E-state index is 0.245. The predicted octanol–water partition coefficient (Wildman–Crippen LogP) is 1.61. The van der Waals surface area contributed by atoms with E-state index in [4.69, 9.17) is 11.6 Å². The molecule has 1 aromatic rings. The van der Waals surface area contributed by atoms with Gasteiger partial charge in [0.2, 0.25) is 10.0 Å². The Morgan fingerprint density at radius 3 is 2.67 bits per heavy atom. The van der Waals surface area contributed by atoms with Crippen LogP contribution in [0, 0.1) is 0 Å². The first kappa shape index (κ1) is 12.3. The van der Waals surface area contributed by atoms with Crippen LogP contribution in [-0.4, -0.2) is 26.2 Å². The van der Waals surface area contributed by atoms with Gasteiger partial charge in [0.1, 0.15) is 5.82 Å². The first-order valence-electron chi connectivity index (χ1n) is 4.48. The minimum atomic E-state index is -3.29. The van der Waals surface area contributed by atoms with E-state index in [0.29, 0.717) is 17.9 Å². The van der Waals surface area contributed by atoms with Gasteiger partial charge in [0.25, 0.3) is 0 Å². The Bertz CT molecular complexity index is 433. The second-order valence-corrected chi connectivity index (χ2v) is 5.22. The van der Waals surface area contributed by atoms with Gasteiger partial charge in [0.05, 0.1) is 12.1 Å². The van der Waals surface area contributed by atoms with Crippen molar-refractivity contribution in [3.8, 4) is 0 Å². The number of rotatable bonds is 4. The van der Waals surface area contributed by atoms with E-state index < -0.39 is 10.0 Å². The van der Waals surface area contributed by atoms with Crippen molar-refractivity contribution in [1.82, 2.24) is 4.98 Å². The van der Waals surface area contributed by atoms with E-state index in [1.54, 1.807) is 25.3 Å². The molecule has 1 aromatic heterocycles. The molecule has 0 aliphatic heterocycles. The summed E-state index contributed by atoms with van der Waals surface area (Å²) in [5.41, 5.74) is 0.714. The lowest BCUT2D eigenvalue weighted by molar-refractivity contribution is 0.597. The molecule has 0 radical (unpaired) electrons. The van der Waals surface area contributed by atoms with Crippen LogP contribution in [0.15, 0.2) is 18.3 Å². The molecule has 0 amide bonds. The zero-order chi connectivity index (χ0) is 11.5. The third-order valence-corrected chi connectivity index (χ3v) is 3.45. The molecule has 0 saturated heterocycles. The van der Waals surface area contributed by atoms with Crippen molar-refractivity contribution in [2.45, 2.75) is 12.8 Å². The number of hydrogen-bond donors (Lipinski definition) is 0. The number of sulfonamides is 1. The fourth-order valence-electron chi connectivity index (χ4n) is 1.30. The molecule has 1 rings (SSSR count). The fraction of sp³-hybridized carbons (Fsp3) is 0.444. The van der Waals surface area contributed by atoms with Crippen molar-refractivity contribution in [3.05, 3.63) is 23.9 Å². The summed E-state index contributed by atoms with van der Waals surface area (Å²) in [4.78, 5) is 4.05. The summed E-state index contributed by atoms with van der Waals surface area (Å²) >= 11 is 5.72. The third kappa shape index (κ3) is 2.82. The van der Waals surface area contributed by atoms with Crippen molar-refractivity contribution in [3.63, 3.8) is 0 Å². The Hall–Kier alpha value is -0.810. The van der Waals surface area contributed by atoms with Crippen LogP contribution in [0.2, 0.25) is 0 Å². The Morgan fingerprint density at radius 1 is 1.53 bits per heavy atom. The molecule has 0 bridgehead atoms. The van der Waals surface area contributed by atoms with Gasteiger partial charge in [0.15, 0.2) is 0 Å². The first-order chi connectivity index (χ1) is 7.00. The smallest absolute Gasteiger partial charge is 0.233 e. The molecule has 0 atom stereocenters.